The van der Waals surface area contributed by atoms with E-state index in [-0.39, 0.29) is 11.0 Å². The minimum Gasteiger partial charge on any atom is -0.497 e. The maximum absolute atomic E-state index is 13.1. The number of carboxylic acids is 1. The molecule has 5 nitrogen and oxygen atoms in total. The van der Waals surface area contributed by atoms with Crippen LogP contribution in [0.2, 0.25) is 5.02 Å². The van der Waals surface area contributed by atoms with Crippen LogP contribution in [0.4, 0.5) is 4.39 Å². The number of ether oxygens (including phenoxy) is 1. The van der Waals surface area contributed by atoms with E-state index in [4.69, 9.17) is 16.3 Å². The van der Waals surface area contributed by atoms with Crippen molar-refractivity contribution in [2.24, 2.45) is 11.8 Å². The number of thiophene rings is 1. The SMILES string of the molecule is COc1ccc2ncc(Cl)c(CCCC3CCN(CC#Cc4ccc(F)s4)CC3C(=O)O)c2c1. The standard InChI is InChI=1S/C26H26ClFN2O3S/c1-33-18-7-9-24-21(14-18)20(23(27)15-29-24)6-2-4-17-11-13-30(16-22(17)26(31)32)12-3-5-19-8-10-25(28)34-19/h7-10,14-15,17,22H,2,4,6,11-13,16H2,1H3,(H,31,32). The van der Waals surface area contributed by atoms with Gasteiger partial charge in [0.25, 0.3) is 0 Å². The van der Waals surface area contributed by atoms with Crippen molar-refractivity contribution in [3.63, 3.8) is 0 Å². The van der Waals surface area contributed by atoms with Crippen molar-refractivity contribution in [2.75, 3.05) is 26.7 Å². The number of benzene rings is 1. The van der Waals surface area contributed by atoms with Crippen molar-refractivity contribution >= 4 is 39.8 Å². The molecule has 1 N–H and O–H groups in total. The molecule has 1 aromatic carbocycles. The van der Waals surface area contributed by atoms with E-state index in [0.29, 0.717) is 23.0 Å². The highest BCUT2D eigenvalue weighted by Gasteiger charge is 2.33. The molecule has 1 fully saturated rings. The number of hydrogen-bond acceptors (Lipinski definition) is 5. The molecule has 178 valence electrons. The number of halogens is 2. The Balaban J connectivity index is 1.37. The molecule has 0 aliphatic carbocycles. The number of carboxylic acid groups (broad SMARTS) is 1. The van der Waals surface area contributed by atoms with E-state index < -0.39 is 11.9 Å². The van der Waals surface area contributed by atoms with E-state index in [1.165, 1.54) is 6.07 Å². The van der Waals surface area contributed by atoms with E-state index in [1.54, 1.807) is 19.4 Å². The molecule has 2 atom stereocenters. The molecule has 34 heavy (non-hydrogen) atoms. The number of methoxy groups -OCH3 is 1. The maximum atomic E-state index is 13.1. The van der Waals surface area contributed by atoms with Gasteiger partial charge >= 0.3 is 5.97 Å². The van der Waals surface area contributed by atoms with Crippen LogP contribution >= 0.6 is 22.9 Å². The fourth-order valence-corrected chi connectivity index (χ4v) is 5.43. The predicted octanol–water partition coefficient (Wildman–Crippen LogP) is 5.49. The van der Waals surface area contributed by atoms with Gasteiger partial charge in [-0.3, -0.25) is 14.7 Å². The summed E-state index contributed by atoms with van der Waals surface area (Å²) >= 11 is 7.49. The monoisotopic (exact) mass is 500 g/mol. The second-order valence-corrected chi connectivity index (χ2v) is 9.94. The summed E-state index contributed by atoms with van der Waals surface area (Å²) in [5, 5.41) is 11.2. The number of hydrogen-bond donors (Lipinski definition) is 1. The number of aromatic nitrogens is 1. The molecular formula is C26H26ClFN2O3S. The molecule has 0 spiro atoms. The summed E-state index contributed by atoms with van der Waals surface area (Å²) < 4.78 is 18.4. The molecule has 8 heteroatoms. The second-order valence-electron chi connectivity index (χ2n) is 8.49. The Labute approximate surface area is 207 Å². The Kier molecular flexibility index (Phi) is 8.04. The molecule has 3 heterocycles. The lowest BCUT2D eigenvalue weighted by atomic mass is 9.81. The quantitative estimate of drug-likeness (QED) is 0.434. The van der Waals surface area contributed by atoms with Gasteiger partial charge in [0, 0.05) is 18.1 Å². The normalized spacial score (nSPS) is 18.4. The number of rotatable bonds is 7. The van der Waals surface area contributed by atoms with Gasteiger partial charge in [-0.2, -0.15) is 4.39 Å². The summed E-state index contributed by atoms with van der Waals surface area (Å²) in [7, 11) is 1.63. The largest absolute Gasteiger partial charge is 0.497 e. The van der Waals surface area contributed by atoms with E-state index in [2.05, 4.69) is 21.7 Å². The molecule has 0 radical (unpaired) electrons. The van der Waals surface area contributed by atoms with Crippen LogP contribution in [0, 0.1) is 28.8 Å². The van der Waals surface area contributed by atoms with Crippen molar-refractivity contribution < 1.29 is 19.0 Å². The van der Waals surface area contributed by atoms with Crippen molar-refractivity contribution in [2.45, 2.75) is 25.7 Å². The Morgan fingerprint density at radius 2 is 2.24 bits per heavy atom. The first-order chi connectivity index (χ1) is 16.4. The lowest BCUT2D eigenvalue weighted by Gasteiger charge is -2.35. The van der Waals surface area contributed by atoms with Crippen LogP contribution in [0.25, 0.3) is 10.9 Å². The van der Waals surface area contributed by atoms with E-state index in [9.17, 15) is 14.3 Å². The summed E-state index contributed by atoms with van der Waals surface area (Å²) in [5.74, 6) is 5.68. The average molecular weight is 501 g/mol. The van der Waals surface area contributed by atoms with Crippen LogP contribution in [0.15, 0.2) is 36.5 Å². The molecule has 0 amide bonds. The van der Waals surface area contributed by atoms with Crippen LogP contribution in [0.1, 0.15) is 29.7 Å². The van der Waals surface area contributed by atoms with E-state index in [1.807, 2.05) is 18.2 Å². The number of fused-ring (bicyclic) bond motifs is 1. The summed E-state index contributed by atoms with van der Waals surface area (Å²) in [5.41, 5.74) is 1.89. The van der Waals surface area contributed by atoms with Crippen LogP contribution in [-0.4, -0.2) is 47.7 Å². The first kappa shape index (κ1) is 24.5. The second kappa shape index (κ2) is 11.2. The number of nitrogens with zero attached hydrogens (tertiary/aromatic N) is 2. The van der Waals surface area contributed by atoms with Crippen LogP contribution in [-0.2, 0) is 11.2 Å². The minimum absolute atomic E-state index is 0.106. The predicted molar refractivity (Wildman–Crippen MR) is 133 cm³/mol. The smallest absolute Gasteiger partial charge is 0.308 e. The molecule has 3 aromatic rings. The Bertz CT molecular complexity index is 1240. The molecule has 1 aliphatic rings. The molecule has 2 aromatic heterocycles. The minimum atomic E-state index is -0.764. The molecular weight excluding hydrogens is 475 g/mol. The van der Waals surface area contributed by atoms with Gasteiger partial charge in [0.15, 0.2) is 5.13 Å². The topological polar surface area (TPSA) is 62.7 Å². The lowest BCUT2D eigenvalue weighted by Crippen LogP contribution is -2.44. The fraction of sp³-hybridized carbons (Fsp3) is 0.385. The fourth-order valence-electron chi connectivity index (χ4n) is 4.58. The van der Waals surface area contributed by atoms with Crippen molar-refractivity contribution in [3.8, 4) is 17.6 Å². The number of likely N-dealkylation sites (tertiary alicyclic amines) is 1. The van der Waals surface area contributed by atoms with Gasteiger partial charge < -0.3 is 9.84 Å². The van der Waals surface area contributed by atoms with Gasteiger partial charge in [0.1, 0.15) is 5.75 Å². The Morgan fingerprint density at radius 1 is 1.38 bits per heavy atom. The third kappa shape index (κ3) is 5.87. The zero-order valence-corrected chi connectivity index (χ0v) is 20.5. The van der Waals surface area contributed by atoms with E-state index in [0.717, 1.165) is 65.8 Å². The molecule has 1 saturated heterocycles. The third-order valence-corrected chi connectivity index (χ3v) is 7.50. The Morgan fingerprint density at radius 3 is 2.97 bits per heavy atom. The zero-order chi connectivity index (χ0) is 24.1. The number of carbonyl (C=O) groups is 1. The highest BCUT2D eigenvalue weighted by molar-refractivity contribution is 7.10. The average Bonchev–Trinajstić information content (AvgIpc) is 3.25. The van der Waals surface area contributed by atoms with Crippen LogP contribution < -0.4 is 4.74 Å². The van der Waals surface area contributed by atoms with Crippen molar-refractivity contribution in [3.05, 3.63) is 57.1 Å². The van der Waals surface area contributed by atoms with Crippen LogP contribution in [0.3, 0.4) is 0 Å². The van der Waals surface area contributed by atoms with Crippen LogP contribution in [0.5, 0.6) is 5.75 Å². The summed E-state index contributed by atoms with van der Waals surface area (Å²) in [6.45, 7) is 1.76. The summed E-state index contributed by atoms with van der Waals surface area (Å²) in [4.78, 5) is 19.2. The van der Waals surface area contributed by atoms with Crippen molar-refractivity contribution in [1.29, 1.82) is 0 Å². The number of piperidine rings is 1. The van der Waals surface area contributed by atoms with Gasteiger partial charge in [-0.1, -0.05) is 34.8 Å². The van der Waals surface area contributed by atoms with E-state index >= 15 is 0 Å². The van der Waals surface area contributed by atoms with Gasteiger partial charge in [-0.05, 0) is 74.0 Å². The third-order valence-electron chi connectivity index (χ3n) is 6.38. The van der Waals surface area contributed by atoms with Crippen molar-refractivity contribution in [1.82, 2.24) is 9.88 Å². The number of pyridine rings is 1. The van der Waals surface area contributed by atoms with Gasteiger partial charge in [0.05, 0.1) is 35.0 Å². The number of aliphatic carboxylic acids is 1. The zero-order valence-electron chi connectivity index (χ0n) is 18.9. The lowest BCUT2D eigenvalue weighted by molar-refractivity contribution is -0.146. The van der Waals surface area contributed by atoms with Gasteiger partial charge in [-0.15, -0.1) is 0 Å². The van der Waals surface area contributed by atoms with Gasteiger partial charge in [-0.25, -0.2) is 0 Å². The summed E-state index contributed by atoms with van der Waals surface area (Å²) in [6.07, 6.45) is 4.89. The molecule has 2 unspecified atom stereocenters. The Hall–Kier alpha value is -2.66. The molecule has 1 aliphatic heterocycles. The molecule has 0 saturated carbocycles. The maximum Gasteiger partial charge on any atom is 0.308 e. The summed E-state index contributed by atoms with van der Waals surface area (Å²) in [6, 6.07) is 8.81. The van der Waals surface area contributed by atoms with Gasteiger partial charge in [0.2, 0.25) is 0 Å². The number of aryl methyl sites for hydroxylation is 1. The first-order valence-corrected chi connectivity index (χ1v) is 12.4. The first-order valence-electron chi connectivity index (χ1n) is 11.2. The highest BCUT2D eigenvalue weighted by atomic mass is 35.5. The molecule has 4 rings (SSSR count). The molecule has 0 bridgehead atoms. The highest BCUT2D eigenvalue weighted by Crippen LogP contribution is 2.32.